The molecule has 0 amide bonds. The van der Waals surface area contributed by atoms with Crippen molar-refractivity contribution in [3.8, 4) is 0 Å². The Morgan fingerprint density at radius 1 is 1.55 bits per heavy atom. The zero-order chi connectivity index (χ0) is 15.3. The van der Waals surface area contributed by atoms with Gasteiger partial charge in [0.2, 0.25) is 0 Å². The minimum atomic E-state index is -0.941. The van der Waals surface area contributed by atoms with Gasteiger partial charge in [0.1, 0.15) is 11.9 Å². The minimum Gasteiger partial charge on any atom is -0.480 e. The Labute approximate surface area is 116 Å². The number of rotatable bonds is 6. The first kappa shape index (κ1) is 15.9. The summed E-state index contributed by atoms with van der Waals surface area (Å²) >= 11 is 0. The number of hydrogen-bond donors (Lipinski definition) is 3. The van der Waals surface area contributed by atoms with Crippen LogP contribution in [0.2, 0.25) is 0 Å². The molecule has 0 aromatic heterocycles. The summed E-state index contributed by atoms with van der Waals surface area (Å²) in [5, 5.41) is 20.4. The van der Waals surface area contributed by atoms with Gasteiger partial charge in [-0.25, -0.2) is 4.39 Å². The molecule has 0 bridgehead atoms. The van der Waals surface area contributed by atoms with Crippen LogP contribution in [0.1, 0.15) is 24.5 Å². The van der Waals surface area contributed by atoms with E-state index in [1.54, 1.807) is 18.9 Å². The number of hydrogen-bond acceptors (Lipinski definition) is 4. The third-order valence-electron chi connectivity index (χ3n) is 3.08. The second kappa shape index (κ2) is 6.85. The van der Waals surface area contributed by atoms with Crippen LogP contribution in [0.5, 0.6) is 0 Å². The lowest BCUT2D eigenvalue weighted by Crippen LogP contribution is -2.37. The number of aliphatic carboxylic acids is 1. The Morgan fingerprint density at radius 2 is 2.20 bits per heavy atom. The SMILES string of the molecule is CCC(C(=O)O)N(C)Cc1ccc(C(N)=NO)cc1F. The fourth-order valence-corrected chi connectivity index (χ4v) is 1.95. The van der Waals surface area contributed by atoms with Crippen molar-refractivity contribution in [2.24, 2.45) is 10.9 Å². The summed E-state index contributed by atoms with van der Waals surface area (Å²) in [7, 11) is 1.62. The van der Waals surface area contributed by atoms with E-state index in [4.69, 9.17) is 16.0 Å². The first-order valence-corrected chi connectivity index (χ1v) is 6.10. The average Bonchev–Trinajstić information content (AvgIpc) is 2.40. The van der Waals surface area contributed by atoms with Gasteiger partial charge in [-0.1, -0.05) is 24.2 Å². The zero-order valence-electron chi connectivity index (χ0n) is 11.4. The third-order valence-corrected chi connectivity index (χ3v) is 3.08. The van der Waals surface area contributed by atoms with Crippen LogP contribution in [-0.2, 0) is 11.3 Å². The summed E-state index contributed by atoms with van der Waals surface area (Å²) in [5.74, 6) is -1.65. The molecule has 0 fully saturated rings. The normalized spacial score (nSPS) is 13.5. The molecule has 1 aromatic rings. The second-order valence-electron chi connectivity index (χ2n) is 4.47. The van der Waals surface area contributed by atoms with Gasteiger partial charge in [-0.15, -0.1) is 0 Å². The molecule has 0 aliphatic heterocycles. The Kier molecular flexibility index (Phi) is 5.45. The largest absolute Gasteiger partial charge is 0.480 e. The number of nitrogens with zero attached hydrogens (tertiary/aromatic N) is 2. The number of amidine groups is 1. The smallest absolute Gasteiger partial charge is 0.320 e. The maximum atomic E-state index is 13.9. The highest BCUT2D eigenvalue weighted by atomic mass is 19.1. The van der Waals surface area contributed by atoms with Gasteiger partial charge in [0.05, 0.1) is 0 Å². The van der Waals surface area contributed by atoms with E-state index in [0.717, 1.165) is 6.07 Å². The van der Waals surface area contributed by atoms with Crippen LogP contribution in [0.25, 0.3) is 0 Å². The summed E-state index contributed by atoms with van der Waals surface area (Å²) in [6, 6.07) is 3.50. The minimum absolute atomic E-state index is 0.160. The van der Waals surface area contributed by atoms with E-state index in [2.05, 4.69) is 5.16 Å². The molecule has 0 saturated carbocycles. The van der Waals surface area contributed by atoms with Crippen LogP contribution in [0, 0.1) is 5.82 Å². The molecule has 0 spiro atoms. The van der Waals surface area contributed by atoms with Crippen LogP contribution >= 0.6 is 0 Å². The van der Waals surface area contributed by atoms with Crippen molar-refractivity contribution in [2.75, 3.05) is 7.05 Å². The van der Waals surface area contributed by atoms with E-state index in [-0.39, 0.29) is 17.9 Å². The molecule has 20 heavy (non-hydrogen) atoms. The maximum absolute atomic E-state index is 13.9. The highest BCUT2D eigenvalue weighted by molar-refractivity contribution is 5.97. The molecule has 0 saturated heterocycles. The van der Waals surface area contributed by atoms with Crippen LogP contribution in [0.3, 0.4) is 0 Å². The van der Waals surface area contributed by atoms with Crippen molar-refractivity contribution in [1.29, 1.82) is 0 Å². The summed E-state index contributed by atoms with van der Waals surface area (Å²) in [5.41, 5.74) is 5.98. The van der Waals surface area contributed by atoms with Gasteiger partial charge in [-0.2, -0.15) is 0 Å². The van der Waals surface area contributed by atoms with E-state index in [9.17, 15) is 9.18 Å². The topological polar surface area (TPSA) is 99.2 Å². The standard InChI is InChI=1S/C13H18FN3O3/c1-3-11(13(18)19)17(2)7-9-5-4-8(6-10(9)14)12(15)16-20/h4-6,11,20H,3,7H2,1-2H3,(H2,15,16)(H,18,19). The number of likely N-dealkylation sites (N-methyl/N-ethyl adjacent to an activating group) is 1. The third kappa shape index (κ3) is 3.67. The number of carbonyl (C=O) groups is 1. The van der Waals surface area contributed by atoms with Gasteiger partial charge < -0.3 is 16.0 Å². The molecule has 0 heterocycles. The summed E-state index contributed by atoms with van der Waals surface area (Å²) in [4.78, 5) is 12.6. The molecule has 7 heteroatoms. The van der Waals surface area contributed by atoms with Crippen molar-refractivity contribution in [3.05, 3.63) is 35.1 Å². The molecular formula is C13H18FN3O3. The van der Waals surface area contributed by atoms with Gasteiger partial charge in [-0.3, -0.25) is 9.69 Å². The van der Waals surface area contributed by atoms with Crippen molar-refractivity contribution in [3.63, 3.8) is 0 Å². The predicted octanol–water partition coefficient (Wildman–Crippen LogP) is 1.22. The monoisotopic (exact) mass is 283 g/mol. The molecule has 0 aliphatic rings. The number of benzene rings is 1. The van der Waals surface area contributed by atoms with Gasteiger partial charge in [-0.05, 0) is 19.5 Å². The quantitative estimate of drug-likeness (QED) is 0.315. The number of oxime groups is 1. The molecule has 0 radical (unpaired) electrons. The molecule has 4 N–H and O–H groups in total. The van der Waals surface area contributed by atoms with Crippen LogP contribution in [0.15, 0.2) is 23.4 Å². The number of halogens is 1. The fourth-order valence-electron chi connectivity index (χ4n) is 1.95. The van der Waals surface area contributed by atoms with Crippen LogP contribution < -0.4 is 5.73 Å². The summed E-state index contributed by atoms with van der Waals surface area (Å²) in [6.07, 6.45) is 0.426. The van der Waals surface area contributed by atoms with Gasteiger partial charge in [0.25, 0.3) is 0 Å². The molecule has 0 aliphatic carbocycles. The number of nitrogens with two attached hydrogens (primary N) is 1. The zero-order valence-corrected chi connectivity index (χ0v) is 11.4. The average molecular weight is 283 g/mol. The highest BCUT2D eigenvalue weighted by Gasteiger charge is 2.21. The Balaban J connectivity index is 2.91. The Bertz CT molecular complexity index is 520. The van der Waals surface area contributed by atoms with Crippen molar-refractivity contribution in [1.82, 2.24) is 4.90 Å². The van der Waals surface area contributed by atoms with Crippen molar-refractivity contribution in [2.45, 2.75) is 25.9 Å². The highest BCUT2D eigenvalue weighted by Crippen LogP contribution is 2.14. The lowest BCUT2D eigenvalue weighted by atomic mass is 10.1. The molecule has 1 atom stereocenters. The first-order chi connectivity index (χ1) is 9.40. The van der Waals surface area contributed by atoms with Gasteiger partial charge >= 0.3 is 5.97 Å². The fraction of sp³-hybridized carbons (Fsp3) is 0.385. The van der Waals surface area contributed by atoms with Crippen LogP contribution in [0.4, 0.5) is 4.39 Å². The first-order valence-electron chi connectivity index (χ1n) is 6.10. The Hall–Kier alpha value is -2.15. The molecule has 1 rings (SSSR count). The number of carboxylic acid groups (broad SMARTS) is 1. The molecule has 1 unspecified atom stereocenters. The van der Waals surface area contributed by atoms with Crippen LogP contribution in [-0.4, -0.2) is 40.1 Å². The van der Waals surface area contributed by atoms with E-state index in [1.807, 2.05) is 0 Å². The lowest BCUT2D eigenvalue weighted by molar-refractivity contribution is -0.143. The second-order valence-corrected chi connectivity index (χ2v) is 4.47. The van der Waals surface area contributed by atoms with E-state index in [1.165, 1.54) is 12.1 Å². The van der Waals surface area contributed by atoms with Gasteiger partial charge in [0, 0.05) is 17.7 Å². The predicted molar refractivity (Wildman–Crippen MR) is 72.1 cm³/mol. The molecule has 110 valence electrons. The van der Waals surface area contributed by atoms with E-state index < -0.39 is 17.8 Å². The Morgan fingerprint density at radius 3 is 2.65 bits per heavy atom. The molecule has 6 nitrogen and oxygen atoms in total. The molecule has 1 aromatic carbocycles. The number of carboxylic acids is 1. The molecular weight excluding hydrogens is 265 g/mol. The van der Waals surface area contributed by atoms with E-state index >= 15 is 0 Å². The van der Waals surface area contributed by atoms with Gasteiger partial charge in [0.15, 0.2) is 5.84 Å². The lowest BCUT2D eigenvalue weighted by Gasteiger charge is -2.23. The van der Waals surface area contributed by atoms with Crippen molar-refractivity contribution < 1.29 is 19.5 Å². The van der Waals surface area contributed by atoms with E-state index in [0.29, 0.717) is 12.0 Å². The summed E-state index contributed by atoms with van der Waals surface area (Å²) in [6.45, 7) is 1.92. The maximum Gasteiger partial charge on any atom is 0.320 e. The summed E-state index contributed by atoms with van der Waals surface area (Å²) < 4.78 is 13.9. The van der Waals surface area contributed by atoms with Crippen molar-refractivity contribution >= 4 is 11.8 Å².